The summed E-state index contributed by atoms with van der Waals surface area (Å²) in [4.78, 5) is 11.8. The maximum absolute atomic E-state index is 13.5. The van der Waals surface area contributed by atoms with E-state index in [1.165, 1.54) is 31.7 Å². The lowest BCUT2D eigenvalue weighted by molar-refractivity contribution is -0.118. The van der Waals surface area contributed by atoms with E-state index >= 15 is 0 Å². The summed E-state index contributed by atoms with van der Waals surface area (Å²) in [6.45, 7) is 0. The topological polar surface area (TPSA) is 17.1 Å². The molecule has 0 amide bonds. The van der Waals surface area contributed by atoms with Crippen molar-refractivity contribution in [2.75, 3.05) is 0 Å². The molecular weight excluding hydrogens is 251 g/mol. The molecule has 0 unspecified atom stereocenters. The molecule has 18 heavy (non-hydrogen) atoms. The molecule has 0 aliphatic heterocycles. The third-order valence-corrected chi connectivity index (χ3v) is 4.10. The van der Waals surface area contributed by atoms with Gasteiger partial charge < -0.3 is 0 Å². The van der Waals surface area contributed by atoms with Gasteiger partial charge in [0.05, 0.1) is 0 Å². The second kappa shape index (κ2) is 6.33. The van der Waals surface area contributed by atoms with Crippen molar-refractivity contribution in [3.05, 3.63) is 34.6 Å². The van der Waals surface area contributed by atoms with Crippen molar-refractivity contribution in [1.82, 2.24) is 0 Å². The lowest BCUT2D eigenvalue weighted by atomic mass is 9.97. The summed E-state index contributed by atoms with van der Waals surface area (Å²) in [5.41, 5.74) is 0.343. The minimum atomic E-state index is -0.378. The highest BCUT2D eigenvalue weighted by atomic mass is 35.5. The van der Waals surface area contributed by atoms with Crippen LogP contribution < -0.4 is 0 Å². The molecule has 2 rings (SSSR count). The van der Waals surface area contributed by atoms with Gasteiger partial charge in [-0.1, -0.05) is 43.4 Å². The van der Waals surface area contributed by atoms with Crippen molar-refractivity contribution in [1.29, 1.82) is 0 Å². The van der Waals surface area contributed by atoms with Crippen LogP contribution in [0, 0.1) is 11.7 Å². The first-order valence-corrected chi connectivity index (χ1v) is 6.99. The molecule has 1 aliphatic carbocycles. The summed E-state index contributed by atoms with van der Waals surface area (Å²) < 4.78 is 13.5. The molecule has 0 aromatic heterocycles. The predicted octanol–water partition coefficient (Wildman–Crippen LogP) is 4.56. The molecule has 0 bridgehead atoms. The van der Waals surface area contributed by atoms with Crippen LogP contribution in [-0.4, -0.2) is 5.78 Å². The summed E-state index contributed by atoms with van der Waals surface area (Å²) >= 11 is 5.91. The summed E-state index contributed by atoms with van der Waals surface area (Å²) in [5.74, 6) is 0.413. The van der Waals surface area contributed by atoms with E-state index in [-0.39, 0.29) is 18.0 Å². The van der Waals surface area contributed by atoms with Gasteiger partial charge >= 0.3 is 0 Å². The maximum atomic E-state index is 13.5. The van der Waals surface area contributed by atoms with Crippen LogP contribution in [0.3, 0.4) is 0 Å². The van der Waals surface area contributed by atoms with Gasteiger partial charge in [-0.2, -0.15) is 0 Å². The van der Waals surface area contributed by atoms with Crippen molar-refractivity contribution in [2.24, 2.45) is 5.92 Å². The number of carbonyl (C=O) groups is 1. The van der Waals surface area contributed by atoms with Gasteiger partial charge in [-0.15, -0.1) is 0 Å². The molecule has 3 heteroatoms. The zero-order chi connectivity index (χ0) is 13.0. The fourth-order valence-corrected chi connectivity index (χ4v) is 2.88. The third kappa shape index (κ3) is 3.55. The highest BCUT2D eigenvalue weighted by Gasteiger charge is 2.17. The van der Waals surface area contributed by atoms with Crippen LogP contribution in [0.4, 0.5) is 4.39 Å². The first-order chi connectivity index (χ1) is 8.66. The standard InChI is InChI=1S/C15H18ClFO/c16-14-6-3-7-15(17)13(14)10-12(18)9-8-11-4-1-2-5-11/h3,6-7,11H,1-2,4-5,8-10H2. The largest absolute Gasteiger partial charge is 0.299 e. The van der Waals surface area contributed by atoms with Crippen LogP contribution in [-0.2, 0) is 11.2 Å². The van der Waals surface area contributed by atoms with Crippen LogP contribution >= 0.6 is 11.6 Å². The minimum Gasteiger partial charge on any atom is -0.299 e. The van der Waals surface area contributed by atoms with Crippen LogP contribution in [0.25, 0.3) is 0 Å². The highest BCUT2D eigenvalue weighted by Crippen LogP contribution is 2.29. The fourth-order valence-electron chi connectivity index (χ4n) is 2.65. The van der Waals surface area contributed by atoms with Crippen molar-refractivity contribution in [3.8, 4) is 0 Å². The van der Waals surface area contributed by atoms with Gasteiger partial charge in [0, 0.05) is 23.4 Å². The molecule has 0 saturated heterocycles. The SMILES string of the molecule is O=C(CCC1CCCC1)Cc1c(F)cccc1Cl. The normalized spacial score (nSPS) is 16.1. The summed E-state index contributed by atoms with van der Waals surface area (Å²) in [7, 11) is 0. The lowest BCUT2D eigenvalue weighted by Crippen LogP contribution is -2.07. The Morgan fingerprint density at radius 3 is 2.72 bits per heavy atom. The molecule has 0 atom stereocenters. The van der Waals surface area contributed by atoms with Crippen molar-refractivity contribution >= 4 is 17.4 Å². The van der Waals surface area contributed by atoms with Crippen molar-refractivity contribution < 1.29 is 9.18 Å². The minimum absolute atomic E-state index is 0.0916. The van der Waals surface area contributed by atoms with Crippen LogP contribution in [0.15, 0.2) is 18.2 Å². The molecule has 1 saturated carbocycles. The number of carbonyl (C=O) groups excluding carboxylic acids is 1. The average molecular weight is 269 g/mol. The molecule has 1 aromatic rings. The van der Waals surface area contributed by atoms with Crippen LogP contribution in [0.5, 0.6) is 0 Å². The number of benzene rings is 1. The van der Waals surface area contributed by atoms with Crippen LogP contribution in [0.2, 0.25) is 5.02 Å². The van der Waals surface area contributed by atoms with Crippen LogP contribution in [0.1, 0.15) is 44.1 Å². The quantitative estimate of drug-likeness (QED) is 0.765. The van der Waals surface area contributed by atoms with Gasteiger partial charge in [-0.3, -0.25) is 4.79 Å². The molecule has 98 valence electrons. The molecule has 1 fully saturated rings. The Hall–Kier alpha value is -0.890. The van der Waals surface area contributed by atoms with Gasteiger partial charge in [-0.05, 0) is 24.5 Å². The van der Waals surface area contributed by atoms with E-state index < -0.39 is 0 Å². The molecule has 0 radical (unpaired) electrons. The number of hydrogen-bond acceptors (Lipinski definition) is 1. The fraction of sp³-hybridized carbons (Fsp3) is 0.533. The van der Waals surface area contributed by atoms with Gasteiger partial charge in [-0.25, -0.2) is 4.39 Å². The van der Waals surface area contributed by atoms with Crippen molar-refractivity contribution in [3.63, 3.8) is 0 Å². The highest BCUT2D eigenvalue weighted by molar-refractivity contribution is 6.31. The molecule has 1 nitrogen and oxygen atoms in total. The smallest absolute Gasteiger partial charge is 0.137 e. The molecular formula is C15H18ClFO. The van der Waals surface area contributed by atoms with E-state index in [2.05, 4.69) is 0 Å². The zero-order valence-corrected chi connectivity index (χ0v) is 11.2. The Kier molecular flexibility index (Phi) is 4.76. The Balaban J connectivity index is 1.86. The second-order valence-electron chi connectivity index (χ2n) is 5.10. The molecule has 0 heterocycles. The summed E-state index contributed by atoms with van der Waals surface area (Å²) in [6.07, 6.45) is 6.69. The number of halogens is 2. The Morgan fingerprint density at radius 2 is 2.06 bits per heavy atom. The number of Topliss-reactive ketones (excluding diaryl/α,β-unsaturated/α-hetero) is 1. The van der Waals surface area contributed by atoms with Gasteiger partial charge in [0.15, 0.2) is 0 Å². The predicted molar refractivity (Wildman–Crippen MR) is 71.3 cm³/mol. The second-order valence-corrected chi connectivity index (χ2v) is 5.51. The first kappa shape index (κ1) is 13.5. The van der Waals surface area contributed by atoms with E-state index in [4.69, 9.17) is 11.6 Å². The molecule has 1 aliphatic rings. The number of hydrogen-bond donors (Lipinski definition) is 0. The first-order valence-electron chi connectivity index (χ1n) is 6.61. The van der Waals surface area contributed by atoms with Crippen molar-refractivity contribution in [2.45, 2.75) is 44.9 Å². The average Bonchev–Trinajstić information content (AvgIpc) is 2.84. The molecule has 0 N–H and O–H groups in total. The number of ketones is 1. The molecule has 1 aromatic carbocycles. The van der Waals surface area contributed by atoms with Gasteiger partial charge in [0.1, 0.15) is 11.6 Å². The monoisotopic (exact) mass is 268 g/mol. The molecule has 0 spiro atoms. The third-order valence-electron chi connectivity index (χ3n) is 3.74. The van der Waals surface area contributed by atoms with Gasteiger partial charge in [0.25, 0.3) is 0 Å². The zero-order valence-electron chi connectivity index (χ0n) is 10.4. The van der Waals surface area contributed by atoms with E-state index in [1.54, 1.807) is 12.1 Å². The van der Waals surface area contributed by atoms with E-state index in [1.807, 2.05) is 0 Å². The summed E-state index contributed by atoms with van der Waals surface area (Å²) in [6, 6.07) is 4.54. The summed E-state index contributed by atoms with van der Waals surface area (Å²) in [5, 5.41) is 0.351. The van der Waals surface area contributed by atoms with E-state index in [9.17, 15) is 9.18 Å². The van der Waals surface area contributed by atoms with E-state index in [0.717, 1.165) is 6.42 Å². The number of rotatable bonds is 5. The Labute approximate surface area is 112 Å². The lowest BCUT2D eigenvalue weighted by Gasteiger charge is -2.08. The van der Waals surface area contributed by atoms with E-state index in [0.29, 0.717) is 22.9 Å². The Morgan fingerprint density at radius 1 is 1.33 bits per heavy atom. The van der Waals surface area contributed by atoms with Gasteiger partial charge in [0.2, 0.25) is 0 Å². The maximum Gasteiger partial charge on any atom is 0.137 e. The Bertz CT molecular complexity index is 404.